The second kappa shape index (κ2) is 7.30. The number of hydrogen-bond acceptors (Lipinski definition) is 4. The molecule has 0 radical (unpaired) electrons. The van der Waals surface area contributed by atoms with Crippen LogP contribution in [0.25, 0.3) is 0 Å². The molecule has 130 valence electrons. The van der Waals surface area contributed by atoms with Crippen LogP contribution in [-0.4, -0.2) is 53.5 Å². The van der Waals surface area contributed by atoms with Gasteiger partial charge in [0.1, 0.15) is 5.60 Å². The standard InChI is InChI=1S/C18H25N3O3/c1-2-4-16(22)21-12-18(13-21)15(7-10-24-18)6-9-20-17(23)14-5-3-8-19-11-14/h3,5,8,11,15H,2,4,6-7,9-10,12-13H2,1H3,(H,20,23)/t15-/m1/s1. The molecule has 0 aliphatic carbocycles. The van der Waals surface area contributed by atoms with Crippen molar-refractivity contribution in [2.24, 2.45) is 5.92 Å². The second-order valence-corrected chi connectivity index (χ2v) is 6.68. The van der Waals surface area contributed by atoms with Gasteiger partial charge in [-0.05, 0) is 37.3 Å². The van der Waals surface area contributed by atoms with E-state index < -0.39 is 0 Å². The van der Waals surface area contributed by atoms with Crippen molar-refractivity contribution in [1.82, 2.24) is 15.2 Å². The Hall–Kier alpha value is -1.95. The largest absolute Gasteiger partial charge is 0.371 e. The first-order chi connectivity index (χ1) is 11.6. The Morgan fingerprint density at radius 3 is 3.00 bits per heavy atom. The van der Waals surface area contributed by atoms with Gasteiger partial charge in [0.25, 0.3) is 5.91 Å². The molecule has 2 aliphatic rings. The van der Waals surface area contributed by atoms with E-state index in [1.165, 1.54) is 0 Å². The van der Waals surface area contributed by atoms with E-state index in [0.29, 0.717) is 37.5 Å². The molecule has 6 heteroatoms. The maximum absolute atomic E-state index is 12.0. The number of rotatable bonds is 6. The van der Waals surface area contributed by atoms with Crippen LogP contribution in [0.1, 0.15) is 43.0 Å². The third kappa shape index (κ3) is 3.43. The van der Waals surface area contributed by atoms with Crippen LogP contribution in [0.15, 0.2) is 24.5 Å². The number of aromatic nitrogens is 1. The van der Waals surface area contributed by atoms with Gasteiger partial charge < -0.3 is 15.0 Å². The molecule has 1 aromatic heterocycles. The van der Waals surface area contributed by atoms with Gasteiger partial charge in [0.2, 0.25) is 5.91 Å². The van der Waals surface area contributed by atoms with Crippen LogP contribution in [0.3, 0.4) is 0 Å². The van der Waals surface area contributed by atoms with Crippen LogP contribution in [0.4, 0.5) is 0 Å². The van der Waals surface area contributed by atoms with Crippen molar-refractivity contribution in [3.63, 3.8) is 0 Å². The molecule has 0 unspecified atom stereocenters. The van der Waals surface area contributed by atoms with E-state index in [1.807, 2.05) is 11.8 Å². The number of amides is 2. The summed E-state index contributed by atoms with van der Waals surface area (Å²) in [7, 11) is 0. The number of pyridine rings is 1. The lowest BCUT2D eigenvalue weighted by Gasteiger charge is -2.50. The minimum absolute atomic E-state index is 0.0931. The van der Waals surface area contributed by atoms with Crippen LogP contribution >= 0.6 is 0 Å². The van der Waals surface area contributed by atoms with Gasteiger partial charge in [-0.25, -0.2) is 0 Å². The zero-order valence-electron chi connectivity index (χ0n) is 14.2. The Balaban J connectivity index is 1.46. The lowest BCUT2D eigenvalue weighted by atomic mass is 9.78. The van der Waals surface area contributed by atoms with E-state index >= 15 is 0 Å². The van der Waals surface area contributed by atoms with Gasteiger partial charge in [-0.2, -0.15) is 0 Å². The minimum atomic E-state index is -0.178. The molecule has 1 atom stereocenters. The Morgan fingerprint density at radius 1 is 1.46 bits per heavy atom. The lowest BCUT2D eigenvalue weighted by Crippen LogP contribution is -2.66. The highest BCUT2D eigenvalue weighted by Gasteiger charge is 2.53. The van der Waals surface area contributed by atoms with E-state index in [0.717, 1.165) is 25.9 Å². The molecular weight excluding hydrogens is 306 g/mol. The highest BCUT2D eigenvalue weighted by atomic mass is 16.5. The maximum Gasteiger partial charge on any atom is 0.252 e. The predicted octanol–water partition coefficient (Wildman–Crippen LogP) is 1.62. The smallest absolute Gasteiger partial charge is 0.252 e. The van der Waals surface area contributed by atoms with E-state index in [4.69, 9.17) is 4.74 Å². The summed E-state index contributed by atoms with van der Waals surface area (Å²) in [5.41, 5.74) is 0.400. The second-order valence-electron chi connectivity index (χ2n) is 6.68. The van der Waals surface area contributed by atoms with Gasteiger partial charge in [0.15, 0.2) is 0 Å². The first-order valence-electron chi connectivity index (χ1n) is 8.74. The highest BCUT2D eigenvalue weighted by Crippen LogP contribution is 2.41. The lowest BCUT2D eigenvalue weighted by molar-refractivity contribution is -0.165. The van der Waals surface area contributed by atoms with Crippen molar-refractivity contribution in [1.29, 1.82) is 0 Å². The summed E-state index contributed by atoms with van der Waals surface area (Å²) >= 11 is 0. The average molecular weight is 331 g/mol. The molecule has 3 rings (SSSR count). The number of nitrogens with one attached hydrogen (secondary N) is 1. The van der Waals surface area contributed by atoms with Gasteiger partial charge in [-0.15, -0.1) is 0 Å². The zero-order valence-corrected chi connectivity index (χ0v) is 14.2. The summed E-state index contributed by atoms with van der Waals surface area (Å²) in [6.45, 7) is 4.79. The number of likely N-dealkylation sites (tertiary alicyclic amines) is 1. The molecule has 2 saturated heterocycles. The molecular formula is C18H25N3O3. The van der Waals surface area contributed by atoms with Gasteiger partial charge >= 0.3 is 0 Å². The normalized spacial score (nSPS) is 21.5. The fraction of sp³-hybridized carbons (Fsp3) is 0.611. The third-order valence-electron chi connectivity index (χ3n) is 5.04. The van der Waals surface area contributed by atoms with Crippen molar-refractivity contribution in [2.45, 2.75) is 38.2 Å². The summed E-state index contributed by atoms with van der Waals surface area (Å²) < 4.78 is 5.97. The zero-order chi connectivity index (χ0) is 17.0. The van der Waals surface area contributed by atoms with E-state index in [2.05, 4.69) is 10.3 Å². The SMILES string of the molecule is CCCC(=O)N1CC2(C1)OCC[C@H]2CCNC(=O)c1cccnc1. The minimum Gasteiger partial charge on any atom is -0.371 e. The van der Waals surface area contributed by atoms with Crippen LogP contribution < -0.4 is 5.32 Å². The van der Waals surface area contributed by atoms with Crippen molar-refractivity contribution >= 4 is 11.8 Å². The van der Waals surface area contributed by atoms with E-state index in [9.17, 15) is 9.59 Å². The van der Waals surface area contributed by atoms with Gasteiger partial charge in [-0.3, -0.25) is 14.6 Å². The van der Waals surface area contributed by atoms with Crippen molar-refractivity contribution in [3.05, 3.63) is 30.1 Å². The molecule has 6 nitrogen and oxygen atoms in total. The van der Waals surface area contributed by atoms with E-state index in [1.54, 1.807) is 24.5 Å². The molecule has 2 fully saturated rings. The number of ether oxygens (including phenoxy) is 1. The maximum atomic E-state index is 12.0. The molecule has 1 spiro atoms. The predicted molar refractivity (Wildman–Crippen MR) is 89.5 cm³/mol. The Morgan fingerprint density at radius 2 is 2.29 bits per heavy atom. The molecule has 2 aliphatic heterocycles. The van der Waals surface area contributed by atoms with Crippen LogP contribution in [-0.2, 0) is 9.53 Å². The Labute approximate surface area is 142 Å². The third-order valence-corrected chi connectivity index (χ3v) is 5.04. The molecule has 1 N–H and O–H groups in total. The topological polar surface area (TPSA) is 71.5 Å². The number of nitrogens with zero attached hydrogens (tertiary/aromatic N) is 2. The van der Waals surface area contributed by atoms with Crippen LogP contribution in [0, 0.1) is 5.92 Å². The Kier molecular flexibility index (Phi) is 5.14. The highest BCUT2D eigenvalue weighted by molar-refractivity contribution is 5.93. The Bertz CT molecular complexity index is 584. The van der Waals surface area contributed by atoms with Gasteiger partial charge in [-0.1, -0.05) is 6.92 Å². The molecule has 2 amide bonds. The van der Waals surface area contributed by atoms with E-state index in [-0.39, 0.29) is 17.4 Å². The number of carbonyl (C=O) groups excluding carboxylic acids is 2. The quantitative estimate of drug-likeness (QED) is 0.860. The van der Waals surface area contributed by atoms with Crippen molar-refractivity contribution in [2.75, 3.05) is 26.2 Å². The van der Waals surface area contributed by atoms with Gasteiger partial charge in [0.05, 0.1) is 18.7 Å². The first kappa shape index (κ1) is 16.9. The van der Waals surface area contributed by atoms with Crippen LogP contribution in [0.2, 0.25) is 0 Å². The van der Waals surface area contributed by atoms with Crippen molar-refractivity contribution in [3.8, 4) is 0 Å². The average Bonchev–Trinajstić information content (AvgIpc) is 2.98. The summed E-state index contributed by atoms with van der Waals surface area (Å²) in [6.07, 6.45) is 6.59. The fourth-order valence-corrected chi connectivity index (χ4v) is 3.65. The number of carbonyl (C=O) groups is 2. The summed E-state index contributed by atoms with van der Waals surface area (Å²) in [5, 5.41) is 2.95. The molecule has 0 bridgehead atoms. The molecule has 24 heavy (non-hydrogen) atoms. The first-order valence-corrected chi connectivity index (χ1v) is 8.74. The number of hydrogen-bond donors (Lipinski definition) is 1. The molecule has 0 aromatic carbocycles. The summed E-state index contributed by atoms with van der Waals surface area (Å²) in [5.74, 6) is 0.532. The summed E-state index contributed by atoms with van der Waals surface area (Å²) in [4.78, 5) is 29.8. The summed E-state index contributed by atoms with van der Waals surface area (Å²) in [6, 6.07) is 3.51. The fourth-order valence-electron chi connectivity index (χ4n) is 3.65. The molecule has 3 heterocycles. The van der Waals surface area contributed by atoms with Gasteiger partial charge in [0, 0.05) is 32.0 Å². The van der Waals surface area contributed by atoms with Crippen LogP contribution in [0.5, 0.6) is 0 Å². The monoisotopic (exact) mass is 331 g/mol. The molecule has 0 saturated carbocycles. The molecule has 1 aromatic rings. The van der Waals surface area contributed by atoms with Crippen molar-refractivity contribution < 1.29 is 14.3 Å².